The normalized spacial score (nSPS) is 15.1. The Morgan fingerprint density at radius 3 is 1.34 bits per heavy atom. The highest BCUT2D eigenvalue weighted by Gasteiger charge is 2.19. The fourth-order valence-corrected chi connectivity index (χ4v) is 9.22. The van der Waals surface area contributed by atoms with Gasteiger partial charge in [-0.2, -0.15) is 0 Å². The van der Waals surface area contributed by atoms with Gasteiger partial charge < -0.3 is 0 Å². The first-order chi connectivity index (χ1) is 26.1. The summed E-state index contributed by atoms with van der Waals surface area (Å²) in [7, 11) is 0. The first-order valence-corrected chi connectivity index (χ1v) is 18.7. The molecule has 0 nitrogen and oxygen atoms in total. The standard InChI is InChI=1S/C53H36/c1-32-29-41(40-11-5-13-43(30-40)46-25-19-38-17-15-34-7-3-9-36-21-27-48(46)52(38)50(34)36)23-24-45(33(32)2)42-12-6-14-44(31-42)47-26-20-39-18-16-35-8-4-10-37-22-28-49(47)53(39)51(35)37/h3-31,33H,1-2H3. The lowest BCUT2D eigenvalue weighted by Crippen LogP contribution is -2.00. The summed E-state index contributed by atoms with van der Waals surface area (Å²) >= 11 is 0. The van der Waals surface area contributed by atoms with E-state index in [9.17, 15) is 0 Å². The molecule has 0 heteroatoms. The Morgan fingerprint density at radius 1 is 0.377 bits per heavy atom. The summed E-state index contributed by atoms with van der Waals surface area (Å²) in [6, 6.07) is 59.0. The van der Waals surface area contributed by atoms with E-state index in [2.05, 4.69) is 190 Å². The molecular formula is C53H36. The third kappa shape index (κ3) is 4.62. The Balaban J connectivity index is 0.997. The van der Waals surface area contributed by atoms with Crippen molar-refractivity contribution in [2.24, 2.45) is 5.92 Å². The smallest absolute Gasteiger partial charge is 0.00263 e. The van der Waals surface area contributed by atoms with Gasteiger partial charge in [-0.25, -0.2) is 0 Å². The zero-order chi connectivity index (χ0) is 35.2. The summed E-state index contributed by atoms with van der Waals surface area (Å²) < 4.78 is 0. The van der Waals surface area contributed by atoms with Crippen molar-refractivity contribution < 1.29 is 0 Å². The van der Waals surface area contributed by atoms with Crippen LogP contribution < -0.4 is 0 Å². The van der Waals surface area contributed by atoms with Crippen LogP contribution in [0.2, 0.25) is 0 Å². The summed E-state index contributed by atoms with van der Waals surface area (Å²) in [5.41, 5.74) is 11.5. The summed E-state index contributed by atoms with van der Waals surface area (Å²) in [5.74, 6) is 0.279. The van der Waals surface area contributed by atoms with Gasteiger partial charge in [0.2, 0.25) is 0 Å². The van der Waals surface area contributed by atoms with Crippen molar-refractivity contribution in [1.29, 1.82) is 0 Å². The van der Waals surface area contributed by atoms with Gasteiger partial charge in [0.15, 0.2) is 0 Å². The van der Waals surface area contributed by atoms with Crippen LogP contribution in [0.1, 0.15) is 25.0 Å². The molecule has 10 aromatic carbocycles. The second kappa shape index (κ2) is 11.5. The fourth-order valence-electron chi connectivity index (χ4n) is 9.22. The third-order valence-electron chi connectivity index (χ3n) is 12.0. The molecule has 1 aliphatic carbocycles. The Bertz CT molecular complexity index is 3150. The van der Waals surface area contributed by atoms with Crippen molar-refractivity contribution in [3.63, 3.8) is 0 Å². The molecule has 0 heterocycles. The summed E-state index contributed by atoms with van der Waals surface area (Å²) in [5, 5.41) is 15.9. The molecule has 0 aliphatic heterocycles. The van der Waals surface area contributed by atoms with E-state index in [0.717, 1.165) is 0 Å². The minimum absolute atomic E-state index is 0.279. The lowest BCUT2D eigenvalue weighted by atomic mass is 9.86. The van der Waals surface area contributed by atoms with Gasteiger partial charge in [0.05, 0.1) is 0 Å². The molecule has 0 radical (unpaired) electrons. The quantitative estimate of drug-likeness (QED) is 0.163. The molecule has 1 aliphatic rings. The lowest BCUT2D eigenvalue weighted by Gasteiger charge is -2.18. The Morgan fingerprint density at radius 2 is 0.792 bits per heavy atom. The summed E-state index contributed by atoms with van der Waals surface area (Å²) in [6.45, 7) is 4.63. The van der Waals surface area contributed by atoms with Gasteiger partial charge >= 0.3 is 0 Å². The molecule has 11 rings (SSSR count). The highest BCUT2D eigenvalue weighted by Crippen LogP contribution is 2.43. The van der Waals surface area contributed by atoms with Crippen molar-refractivity contribution >= 4 is 75.8 Å². The average molecular weight is 673 g/mol. The van der Waals surface area contributed by atoms with Gasteiger partial charge in [-0.15, -0.1) is 0 Å². The van der Waals surface area contributed by atoms with E-state index < -0.39 is 0 Å². The van der Waals surface area contributed by atoms with Crippen molar-refractivity contribution in [3.8, 4) is 22.3 Å². The first-order valence-electron chi connectivity index (χ1n) is 18.7. The van der Waals surface area contributed by atoms with E-state index >= 15 is 0 Å². The molecule has 0 saturated heterocycles. The maximum absolute atomic E-state index is 2.40. The van der Waals surface area contributed by atoms with E-state index in [1.807, 2.05) is 0 Å². The van der Waals surface area contributed by atoms with Gasteiger partial charge in [0.1, 0.15) is 0 Å². The highest BCUT2D eigenvalue weighted by molar-refractivity contribution is 6.26. The van der Waals surface area contributed by atoms with Crippen molar-refractivity contribution in [2.45, 2.75) is 13.8 Å². The molecule has 0 N–H and O–H groups in total. The maximum Gasteiger partial charge on any atom is 0.00263 e. The van der Waals surface area contributed by atoms with Crippen LogP contribution in [-0.2, 0) is 0 Å². The zero-order valence-corrected chi connectivity index (χ0v) is 29.8. The Labute approximate surface area is 309 Å². The van der Waals surface area contributed by atoms with Gasteiger partial charge in [-0.05, 0) is 128 Å². The maximum atomic E-state index is 2.40. The van der Waals surface area contributed by atoms with Crippen LogP contribution in [0.4, 0.5) is 0 Å². The second-order valence-electron chi connectivity index (χ2n) is 15.0. The van der Waals surface area contributed by atoms with Gasteiger partial charge in [-0.3, -0.25) is 0 Å². The van der Waals surface area contributed by atoms with E-state index in [1.54, 1.807) is 0 Å². The van der Waals surface area contributed by atoms with Crippen molar-refractivity contribution in [2.75, 3.05) is 0 Å². The molecule has 0 bridgehead atoms. The number of allylic oxidation sites excluding steroid dienone is 6. The summed E-state index contributed by atoms with van der Waals surface area (Å²) in [6.07, 6.45) is 7.08. The molecule has 0 spiro atoms. The second-order valence-corrected chi connectivity index (χ2v) is 15.0. The molecule has 10 aromatic rings. The molecular weight excluding hydrogens is 637 g/mol. The fraction of sp³-hybridized carbons (Fsp3) is 0.0566. The molecule has 248 valence electrons. The number of benzene rings is 10. The third-order valence-corrected chi connectivity index (χ3v) is 12.0. The molecule has 1 unspecified atom stereocenters. The molecule has 53 heavy (non-hydrogen) atoms. The Kier molecular flexibility index (Phi) is 6.55. The van der Waals surface area contributed by atoms with Crippen LogP contribution in [0.25, 0.3) is 98.0 Å². The SMILES string of the molecule is CC1=CC(c2cccc(-c3ccc4ccc5cccc6ccc3c4c56)c2)=CC=C(c2cccc(-c3ccc4ccc5cccc6ccc3c4c56)c2)C1C. The predicted molar refractivity (Wildman–Crippen MR) is 230 cm³/mol. The van der Waals surface area contributed by atoms with Crippen LogP contribution >= 0.6 is 0 Å². The monoisotopic (exact) mass is 672 g/mol. The van der Waals surface area contributed by atoms with Crippen LogP contribution in [-0.4, -0.2) is 0 Å². The molecule has 0 amide bonds. The zero-order valence-electron chi connectivity index (χ0n) is 29.8. The van der Waals surface area contributed by atoms with Crippen molar-refractivity contribution in [3.05, 3.63) is 193 Å². The molecule has 0 aromatic heterocycles. The molecule has 1 atom stereocenters. The van der Waals surface area contributed by atoms with E-state index in [0.29, 0.717) is 0 Å². The van der Waals surface area contributed by atoms with Gasteiger partial charge in [0, 0.05) is 5.92 Å². The van der Waals surface area contributed by atoms with Gasteiger partial charge in [-0.1, -0.05) is 176 Å². The Hall–Kier alpha value is -6.50. The van der Waals surface area contributed by atoms with E-state index in [-0.39, 0.29) is 5.92 Å². The largest absolute Gasteiger partial charge is 0.0655 e. The van der Waals surface area contributed by atoms with Crippen LogP contribution in [0.3, 0.4) is 0 Å². The average Bonchev–Trinajstić information content (AvgIpc) is 3.36. The van der Waals surface area contributed by atoms with Gasteiger partial charge in [0.25, 0.3) is 0 Å². The molecule has 0 fully saturated rings. The highest BCUT2D eigenvalue weighted by atomic mass is 14.2. The van der Waals surface area contributed by atoms with Crippen LogP contribution in [0, 0.1) is 5.92 Å². The van der Waals surface area contributed by atoms with Crippen molar-refractivity contribution in [1.82, 2.24) is 0 Å². The number of hydrogen-bond donors (Lipinski definition) is 0. The minimum atomic E-state index is 0.279. The number of rotatable bonds is 4. The predicted octanol–water partition coefficient (Wildman–Crippen LogP) is 14.9. The van der Waals surface area contributed by atoms with E-state index in [1.165, 1.54) is 115 Å². The topological polar surface area (TPSA) is 0 Å². The first kappa shape index (κ1) is 30.2. The molecule has 0 saturated carbocycles. The van der Waals surface area contributed by atoms with Crippen LogP contribution in [0.15, 0.2) is 182 Å². The van der Waals surface area contributed by atoms with Crippen LogP contribution in [0.5, 0.6) is 0 Å². The van der Waals surface area contributed by atoms with E-state index in [4.69, 9.17) is 0 Å². The minimum Gasteiger partial charge on any atom is -0.0655 e. The lowest BCUT2D eigenvalue weighted by molar-refractivity contribution is 0.888. The summed E-state index contributed by atoms with van der Waals surface area (Å²) in [4.78, 5) is 0. The number of hydrogen-bond acceptors (Lipinski definition) is 0.